The fourth-order valence-corrected chi connectivity index (χ4v) is 4.10. The van der Waals surface area contributed by atoms with Crippen molar-refractivity contribution in [2.24, 2.45) is 0 Å². The Bertz CT molecular complexity index is 531. The molecule has 1 aromatic carbocycles. The van der Waals surface area contributed by atoms with Crippen molar-refractivity contribution in [3.05, 3.63) is 18.2 Å². The third-order valence-corrected chi connectivity index (χ3v) is 5.18. The summed E-state index contributed by atoms with van der Waals surface area (Å²) in [4.78, 5) is 5.18. The van der Waals surface area contributed by atoms with E-state index in [2.05, 4.69) is 28.9 Å². The van der Waals surface area contributed by atoms with Gasteiger partial charge in [-0.15, -0.1) is 0 Å². The second-order valence-corrected chi connectivity index (χ2v) is 6.97. The van der Waals surface area contributed by atoms with Crippen molar-refractivity contribution in [3.8, 4) is 5.75 Å². The molecule has 4 nitrogen and oxygen atoms in total. The van der Waals surface area contributed by atoms with Gasteiger partial charge in [-0.3, -0.25) is 4.90 Å². The highest BCUT2D eigenvalue weighted by Crippen LogP contribution is 2.40. The molecule has 1 spiro atoms. The molecular formula is C18H29N3O. The van der Waals surface area contributed by atoms with E-state index in [1.165, 1.54) is 31.5 Å². The van der Waals surface area contributed by atoms with E-state index in [-0.39, 0.29) is 6.10 Å². The van der Waals surface area contributed by atoms with Crippen molar-refractivity contribution < 1.29 is 4.74 Å². The lowest BCUT2D eigenvalue weighted by atomic mass is 9.95. The number of ether oxygens (including phenoxy) is 1. The molecule has 2 N–H and O–H groups in total. The van der Waals surface area contributed by atoms with Gasteiger partial charge in [0, 0.05) is 30.4 Å². The lowest BCUT2D eigenvalue weighted by Crippen LogP contribution is -2.45. The molecule has 2 aliphatic rings. The Kier molecular flexibility index (Phi) is 4.22. The van der Waals surface area contributed by atoms with Crippen LogP contribution >= 0.6 is 0 Å². The van der Waals surface area contributed by atoms with Gasteiger partial charge in [-0.05, 0) is 58.3 Å². The number of benzene rings is 1. The topological polar surface area (TPSA) is 41.7 Å². The summed E-state index contributed by atoms with van der Waals surface area (Å²) < 4.78 is 5.84. The van der Waals surface area contributed by atoms with E-state index in [9.17, 15) is 0 Å². The average Bonchev–Trinajstić information content (AvgIpc) is 3.08. The molecule has 4 heteroatoms. The Morgan fingerprint density at radius 2 is 2.09 bits per heavy atom. The molecule has 2 aliphatic heterocycles. The third kappa shape index (κ3) is 2.76. The summed E-state index contributed by atoms with van der Waals surface area (Å²) in [6.45, 7) is 11.0. The van der Waals surface area contributed by atoms with Crippen molar-refractivity contribution in [2.45, 2.75) is 51.7 Å². The number of anilines is 2. The first-order valence-electron chi connectivity index (χ1n) is 8.60. The van der Waals surface area contributed by atoms with Gasteiger partial charge in [0.2, 0.25) is 0 Å². The zero-order valence-corrected chi connectivity index (χ0v) is 14.1. The number of likely N-dealkylation sites (tertiary alicyclic amines) is 1. The molecule has 0 radical (unpaired) electrons. The molecule has 0 saturated carbocycles. The monoisotopic (exact) mass is 303 g/mol. The predicted octanol–water partition coefficient (Wildman–Crippen LogP) is 3.12. The van der Waals surface area contributed by atoms with Crippen LogP contribution in [-0.4, -0.2) is 42.7 Å². The number of nitrogens with zero attached hydrogens (tertiary/aromatic N) is 2. The molecule has 0 bridgehead atoms. The predicted molar refractivity (Wildman–Crippen MR) is 92.7 cm³/mol. The Balaban J connectivity index is 1.78. The van der Waals surface area contributed by atoms with Crippen LogP contribution in [0.1, 0.15) is 40.0 Å². The van der Waals surface area contributed by atoms with Crippen molar-refractivity contribution in [1.82, 2.24) is 4.90 Å². The fraction of sp³-hybridized carbons (Fsp3) is 0.667. The van der Waals surface area contributed by atoms with Crippen LogP contribution in [0.4, 0.5) is 11.4 Å². The van der Waals surface area contributed by atoms with Crippen LogP contribution in [0.5, 0.6) is 5.75 Å². The summed E-state index contributed by atoms with van der Waals surface area (Å²) in [6, 6.07) is 6.22. The van der Waals surface area contributed by atoms with Gasteiger partial charge in [0.15, 0.2) is 0 Å². The van der Waals surface area contributed by atoms with E-state index in [1.807, 2.05) is 19.9 Å². The van der Waals surface area contributed by atoms with E-state index in [1.54, 1.807) is 0 Å². The third-order valence-electron chi connectivity index (χ3n) is 5.18. The van der Waals surface area contributed by atoms with E-state index in [0.717, 1.165) is 31.1 Å². The Labute approximate surface area is 134 Å². The zero-order chi connectivity index (χ0) is 15.7. The summed E-state index contributed by atoms with van der Waals surface area (Å²) in [5.41, 5.74) is 8.41. The molecule has 0 aliphatic carbocycles. The maximum atomic E-state index is 6.04. The summed E-state index contributed by atoms with van der Waals surface area (Å²) in [7, 11) is 0. The largest absolute Gasteiger partial charge is 0.489 e. The van der Waals surface area contributed by atoms with Crippen LogP contribution in [0, 0.1) is 0 Å². The molecule has 2 heterocycles. The first kappa shape index (κ1) is 15.5. The minimum absolute atomic E-state index is 0.146. The molecular weight excluding hydrogens is 274 g/mol. The van der Waals surface area contributed by atoms with E-state index in [4.69, 9.17) is 10.5 Å². The molecule has 2 saturated heterocycles. The molecule has 22 heavy (non-hydrogen) atoms. The number of hydrogen-bond acceptors (Lipinski definition) is 4. The molecule has 1 atom stereocenters. The molecule has 122 valence electrons. The summed E-state index contributed by atoms with van der Waals surface area (Å²) >= 11 is 0. The van der Waals surface area contributed by atoms with Gasteiger partial charge in [-0.25, -0.2) is 0 Å². The minimum Gasteiger partial charge on any atom is -0.489 e. The molecule has 3 rings (SSSR count). The van der Waals surface area contributed by atoms with Gasteiger partial charge in [0.05, 0.1) is 11.8 Å². The first-order valence-corrected chi connectivity index (χ1v) is 8.60. The van der Waals surface area contributed by atoms with Gasteiger partial charge in [0.25, 0.3) is 0 Å². The van der Waals surface area contributed by atoms with Crippen molar-refractivity contribution >= 4 is 11.4 Å². The van der Waals surface area contributed by atoms with Crippen molar-refractivity contribution in [1.29, 1.82) is 0 Å². The Morgan fingerprint density at radius 1 is 1.27 bits per heavy atom. The van der Waals surface area contributed by atoms with Gasteiger partial charge < -0.3 is 15.4 Å². The summed E-state index contributed by atoms with van der Waals surface area (Å²) in [5.74, 6) is 0.812. The Hall–Kier alpha value is -1.42. The average molecular weight is 303 g/mol. The van der Waals surface area contributed by atoms with Gasteiger partial charge in [-0.2, -0.15) is 0 Å². The second kappa shape index (κ2) is 5.99. The van der Waals surface area contributed by atoms with Crippen LogP contribution in [0.15, 0.2) is 18.2 Å². The second-order valence-electron chi connectivity index (χ2n) is 6.97. The smallest absolute Gasteiger partial charge is 0.144 e. The lowest BCUT2D eigenvalue weighted by molar-refractivity contribution is 0.167. The number of likely N-dealkylation sites (N-methyl/N-ethyl adjacent to an activating group) is 1. The van der Waals surface area contributed by atoms with Crippen LogP contribution in [0.2, 0.25) is 0 Å². The van der Waals surface area contributed by atoms with Gasteiger partial charge in [0.1, 0.15) is 5.75 Å². The molecule has 2 fully saturated rings. The number of nitrogen functional groups attached to an aromatic ring is 1. The molecule has 0 aromatic heterocycles. The van der Waals surface area contributed by atoms with E-state index >= 15 is 0 Å². The zero-order valence-electron chi connectivity index (χ0n) is 14.1. The van der Waals surface area contributed by atoms with Crippen LogP contribution in [-0.2, 0) is 0 Å². The SMILES string of the molecule is CCN1CCCC12CCN(c1ccc(N)c(OC(C)C)c1)C2. The Morgan fingerprint density at radius 3 is 2.82 bits per heavy atom. The van der Waals surface area contributed by atoms with Gasteiger partial charge in [-0.1, -0.05) is 6.92 Å². The number of rotatable bonds is 4. The standard InChI is InChI=1S/C18H29N3O/c1-4-21-10-5-8-18(21)9-11-20(13-18)15-6-7-16(19)17(12-15)22-14(2)3/h6-7,12,14H,4-5,8-11,13,19H2,1-3H3. The summed E-state index contributed by atoms with van der Waals surface area (Å²) in [6.07, 6.45) is 4.09. The lowest BCUT2D eigenvalue weighted by Gasteiger charge is -2.34. The molecule has 1 aromatic rings. The van der Waals surface area contributed by atoms with Crippen LogP contribution < -0.4 is 15.4 Å². The van der Waals surface area contributed by atoms with Crippen LogP contribution in [0.25, 0.3) is 0 Å². The summed E-state index contributed by atoms with van der Waals surface area (Å²) in [5, 5.41) is 0. The van der Waals surface area contributed by atoms with Crippen molar-refractivity contribution in [3.63, 3.8) is 0 Å². The highest BCUT2D eigenvalue weighted by atomic mass is 16.5. The maximum absolute atomic E-state index is 6.04. The van der Waals surface area contributed by atoms with Crippen LogP contribution in [0.3, 0.4) is 0 Å². The molecule has 0 amide bonds. The highest BCUT2D eigenvalue weighted by Gasteiger charge is 2.45. The highest BCUT2D eigenvalue weighted by molar-refractivity contribution is 5.63. The van der Waals surface area contributed by atoms with Gasteiger partial charge >= 0.3 is 0 Å². The van der Waals surface area contributed by atoms with Crippen molar-refractivity contribution in [2.75, 3.05) is 36.8 Å². The maximum Gasteiger partial charge on any atom is 0.144 e. The quantitative estimate of drug-likeness (QED) is 0.868. The minimum atomic E-state index is 0.146. The first-order chi connectivity index (χ1) is 10.5. The fourth-order valence-electron chi connectivity index (χ4n) is 4.10. The normalized spacial score (nSPS) is 25.5. The van der Waals surface area contributed by atoms with E-state index < -0.39 is 0 Å². The molecule has 1 unspecified atom stereocenters. The number of hydrogen-bond donors (Lipinski definition) is 1. The van der Waals surface area contributed by atoms with E-state index in [0.29, 0.717) is 5.54 Å². The number of nitrogens with two attached hydrogens (primary N) is 1.